The highest BCUT2D eigenvalue weighted by Crippen LogP contribution is 2.68. The molecule has 0 heterocycles. The summed E-state index contributed by atoms with van der Waals surface area (Å²) in [6, 6.07) is 0. The zero-order chi connectivity index (χ0) is 25.4. The van der Waals surface area contributed by atoms with Crippen molar-refractivity contribution in [3.05, 3.63) is 47.6 Å². The maximum atomic E-state index is 10.4. The Morgan fingerprint density at radius 3 is 2.50 bits per heavy atom. The monoisotopic (exact) mass is 469 g/mol. The molecule has 3 heteroatoms. The summed E-state index contributed by atoms with van der Waals surface area (Å²) >= 11 is 0. The van der Waals surface area contributed by atoms with E-state index < -0.39 is 0 Å². The topological polar surface area (TPSA) is 41.5 Å². The van der Waals surface area contributed by atoms with Crippen molar-refractivity contribution < 1.29 is 9.94 Å². The first-order valence-corrected chi connectivity index (χ1v) is 13.5. The second kappa shape index (κ2) is 10.1. The molecule has 0 bridgehead atoms. The first kappa shape index (κ1) is 27.4. The number of fused-ring (bicyclic) bond motifs is 1. The Bertz CT molecular complexity index is 831. The van der Waals surface area contributed by atoms with Crippen LogP contribution in [0.15, 0.2) is 47.6 Å². The molecule has 192 valence electrons. The van der Waals surface area contributed by atoms with Crippen molar-refractivity contribution in [3.63, 3.8) is 0 Å². The van der Waals surface area contributed by atoms with Crippen LogP contribution in [0.2, 0.25) is 0 Å². The van der Waals surface area contributed by atoms with E-state index in [0.29, 0.717) is 17.3 Å². The van der Waals surface area contributed by atoms with Crippen LogP contribution in [0.1, 0.15) is 99.8 Å². The molecule has 34 heavy (non-hydrogen) atoms. The maximum absolute atomic E-state index is 10.4. The number of hydroxylamine groups is 1. The van der Waals surface area contributed by atoms with Gasteiger partial charge in [0.1, 0.15) is 0 Å². The predicted octanol–water partition coefficient (Wildman–Crippen LogP) is 7.69. The summed E-state index contributed by atoms with van der Waals surface area (Å²) in [5.41, 5.74) is 7.33. The van der Waals surface area contributed by atoms with E-state index >= 15 is 0 Å². The smallest absolute Gasteiger partial charge is 0.0874 e. The fourth-order valence-corrected chi connectivity index (χ4v) is 7.53. The summed E-state index contributed by atoms with van der Waals surface area (Å²) < 4.78 is 0. The molecule has 0 aliphatic heterocycles. The van der Waals surface area contributed by atoms with Gasteiger partial charge in [-0.1, -0.05) is 76.6 Å². The number of rotatable bonds is 7. The van der Waals surface area contributed by atoms with Gasteiger partial charge in [-0.05, 0) is 98.9 Å². The van der Waals surface area contributed by atoms with Crippen molar-refractivity contribution in [1.82, 2.24) is 5.48 Å². The van der Waals surface area contributed by atoms with Crippen LogP contribution >= 0.6 is 0 Å². The molecular weight excluding hydrogens is 418 g/mol. The van der Waals surface area contributed by atoms with Gasteiger partial charge in [0.05, 0.1) is 11.7 Å². The Hall–Kier alpha value is -1.16. The van der Waals surface area contributed by atoms with Crippen LogP contribution in [0, 0.1) is 28.1 Å². The lowest BCUT2D eigenvalue weighted by Crippen LogP contribution is -2.45. The van der Waals surface area contributed by atoms with Crippen LogP contribution in [0.3, 0.4) is 0 Å². The second-order valence-electron chi connectivity index (χ2n) is 13.1. The summed E-state index contributed by atoms with van der Waals surface area (Å²) in [7, 11) is 1.83. The highest BCUT2D eigenvalue weighted by molar-refractivity contribution is 5.32. The van der Waals surface area contributed by atoms with Crippen LogP contribution in [0.25, 0.3) is 0 Å². The lowest BCUT2D eigenvalue weighted by atomic mass is 9.51. The number of aliphatic hydroxyl groups is 1. The number of aliphatic hydroxyl groups excluding tert-OH is 1. The standard InChI is InChI=1S/C31H51NO2/c1-22-20-24(21-26(33)23(22)2)13-14-25-12-10-18-31(8)27(15-19-30(25,31)7)28(3,4)16-11-17-29(5,6)34-32-9/h11,13-14,16,22,26-27,32-33H,2,10,12,15,17-21H2,1,3-9H3/b16-11+,24-13+,25-14+/t22?,26-,27?,30+,31?/m1/s1. The molecule has 0 amide bonds. The molecule has 3 nitrogen and oxygen atoms in total. The third-order valence-corrected chi connectivity index (χ3v) is 9.85. The van der Waals surface area contributed by atoms with Gasteiger partial charge in [-0.2, -0.15) is 0 Å². The van der Waals surface area contributed by atoms with E-state index in [4.69, 9.17) is 4.84 Å². The second-order valence-corrected chi connectivity index (χ2v) is 13.1. The summed E-state index contributed by atoms with van der Waals surface area (Å²) in [5.74, 6) is 1.03. The zero-order valence-corrected chi connectivity index (χ0v) is 23.3. The lowest BCUT2D eigenvalue weighted by Gasteiger charge is -2.53. The molecule has 3 unspecified atom stereocenters. The molecule has 0 radical (unpaired) electrons. The minimum absolute atomic E-state index is 0.145. The molecule has 0 aromatic carbocycles. The Balaban J connectivity index is 1.81. The molecule has 0 saturated heterocycles. The molecule has 3 saturated carbocycles. The fourth-order valence-electron chi connectivity index (χ4n) is 7.53. The van der Waals surface area contributed by atoms with E-state index in [0.717, 1.165) is 24.8 Å². The first-order chi connectivity index (χ1) is 15.8. The maximum Gasteiger partial charge on any atom is 0.0874 e. The quantitative estimate of drug-likeness (QED) is 0.296. The normalized spacial score (nSPS) is 37.7. The molecule has 5 atom stereocenters. The van der Waals surface area contributed by atoms with Gasteiger partial charge in [0, 0.05) is 7.05 Å². The molecule has 3 aliphatic rings. The molecule has 3 aliphatic carbocycles. The fraction of sp³-hybridized carbons (Fsp3) is 0.742. The van der Waals surface area contributed by atoms with Crippen LogP contribution in [-0.2, 0) is 4.84 Å². The molecule has 0 aromatic rings. The molecule has 0 spiro atoms. The zero-order valence-electron chi connectivity index (χ0n) is 23.3. The van der Waals surface area contributed by atoms with Crippen LogP contribution in [0.4, 0.5) is 0 Å². The van der Waals surface area contributed by atoms with Crippen molar-refractivity contribution in [2.75, 3.05) is 7.05 Å². The van der Waals surface area contributed by atoms with E-state index in [-0.39, 0.29) is 22.5 Å². The molecular formula is C31H51NO2. The van der Waals surface area contributed by atoms with Crippen molar-refractivity contribution in [2.45, 2.75) is 112 Å². The van der Waals surface area contributed by atoms with Crippen LogP contribution in [-0.4, -0.2) is 23.9 Å². The van der Waals surface area contributed by atoms with Crippen molar-refractivity contribution in [1.29, 1.82) is 0 Å². The van der Waals surface area contributed by atoms with Gasteiger partial charge in [0.2, 0.25) is 0 Å². The summed E-state index contributed by atoms with van der Waals surface area (Å²) in [4.78, 5) is 5.67. The van der Waals surface area contributed by atoms with Gasteiger partial charge in [0.25, 0.3) is 0 Å². The van der Waals surface area contributed by atoms with E-state index in [1.807, 2.05) is 7.05 Å². The molecule has 2 N–H and O–H groups in total. The molecule has 0 aromatic heterocycles. The minimum atomic E-state index is -0.382. The summed E-state index contributed by atoms with van der Waals surface area (Å²) in [6.45, 7) is 20.5. The largest absolute Gasteiger partial charge is 0.388 e. The number of allylic oxidation sites excluding steroid dienone is 4. The minimum Gasteiger partial charge on any atom is -0.388 e. The first-order valence-electron chi connectivity index (χ1n) is 13.5. The van der Waals surface area contributed by atoms with Gasteiger partial charge in [-0.3, -0.25) is 4.84 Å². The average molecular weight is 470 g/mol. The number of hydrogen-bond acceptors (Lipinski definition) is 3. The third kappa shape index (κ3) is 5.32. The Morgan fingerprint density at radius 1 is 1.15 bits per heavy atom. The molecule has 3 rings (SSSR count). The van der Waals surface area contributed by atoms with Crippen molar-refractivity contribution in [2.24, 2.45) is 28.1 Å². The van der Waals surface area contributed by atoms with E-state index in [1.54, 1.807) is 5.57 Å². The number of nitrogens with one attached hydrogen (secondary N) is 1. The van der Waals surface area contributed by atoms with Crippen LogP contribution in [0.5, 0.6) is 0 Å². The van der Waals surface area contributed by atoms with Gasteiger partial charge in [0.15, 0.2) is 0 Å². The Labute approximate surface area is 209 Å². The average Bonchev–Trinajstić information content (AvgIpc) is 3.02. The van der Waals surface area contributed by atoms with Crippen molar-refractivity contribution in [3.8, 4) is 0 Å². The Kier molecular flexibility index (Phi) is 8.12. The van der Waals surface area contributed by atoms with Gasteiger partial charge in [-0.25, -0.2) is 5.48 Å². The Morgan fingerprint density at radius 2 is 1.85 bits per heavy atom. The predicted molar refractivity (Wildman–Crippen MR) is 144 cm³/mol. The van der Waals surface area contributed by atoms with Gasteiger partial charge in [-0.15, -0.1) is 0 Å². The van der Waals surface area contributed by atoms with E-state index in [2.05, 4.69) is 84.8 Å². The highest BCUT2D eigenvalue weighted by Gasteiger charge is 2.59. The van der Waals surface area contributed by atoms with E-state index in [9.17, 15) is 5.11 Å². The van der Waals surface area contributed by atoms with Crippen molar-refractivity contribution >= 4 is 0 Å². The molecule has 3 fully saturated rings. The highest BCUT2D eigenvalue weighted by atomic mass is 16.7. The SMILES string of the molecule is C=C1C(C)C/C(=C\C=C2/CCCC3(C)C(C(C)(C)/C=C/CC(C)(C)ONC)CC[C@@]23C)C[C@H]1O. The van der Waals surface area contributed by atoms with Gasteiger partial charge < -0.3 is 5.11 Å². The van der Waals surface area contributed by atoms with E-state index in [1.165, 1.54) is 37.7 Å². The lowest BCUT2D eigenvalue weighted by molar-refractivity contribution is -0.0718. The summed E-state index contributed by atoms with van der Waals surface area (Å²) in [5, 5.41) is 10.4. The third-order valence-electron chi connectivity index (χ3n) is 9.85. The number of hydrogen-bond donors (Lipinski definition) is 2. The van der Waals surface area contributed by atoms with Crippen LogP contribution < -0.4 is 5.48 Å². The summed E-state index contributed by atoms with van der Waals surface area (Å²) in [6.07, 6.45) is 18.2. The van der Waals surface area contributed by atoms with Gasteiger partial charge >= 0.3 is 0 Å².